The molecule has 1 saturated heterocycles. The quantitative estimate of drug-likeness (QED) is 0.793. The molecule has 1 aliphatic heterocycles. The maximum Gasteiger partial charge on any atom is 0.169 e. The Labute approximate surface area is 133 Å². The lowest BCUT2D eigenvalue weighted by Crippen LogP contribution is -2.58. The van der Waals surface area contributed by atoms with Crippen molar-refractivity contribution < 1.29 is 4.74 Å². The SMILES string of the molecule is C[C@@H](NC(=S)N1CCOCC1)C12CC3CC(CC(C3)C1)C2. The normalized spacial score (nSPS) is 42.9. The van der Waals surface area contributed by atoms with E-state index in [1.807, 2.05) is 0 Å². The summed E-state index contributed by atoms with van der Waals surface area (Å²) in [6.45, 7) is 5.90. The predicted octanol–water partition coefficient (Wildman–Crippen LogP) is 2.80. The van der Waals surface area contributed by atoms with Crippen molar-refractivity contribution in [3.63, 3.8) is 0 Å². The average Bonchev–Trinajstić information content (AvgIpc) is 2.46. The smallest absolute Gasteiger partial charge is 0.169 e. The Hall–Kier alpha value is -0.350. The molecule has 1 N–H and O–H groups in total. The van der Waals surface area contributed by atoms with Crippen molar-refractivity contribution in [2.75, 3.05) is 26.3 Å². The monoisotopic (exact) mass is 308 g/mol. The van der Waals surface area contributed by atoms with Crippen LogP contribution in [0.5, 0.6) is 0 Å². The number of rotatable bonds is 2. The summed E-state index contributed by atoms with van der Waals surface area (Å²) in [5.41, 5.74) is 0.533. The van der Waals surface area contributed by atoms with Gasteiger partial charge in [0.05, 0.1) is 13.2 Å². The highest BCUT2D eigenvalue weighted by Gasteiger charge is 2.53. The molecule has 0 spiro atoms. The second kappa shape index (κ2) is 5.38. The van der Waals surface area contributed by atoms with Gasteiger partial charge in [-0.25, -0.2) is 0 Å². The van der Waals surface area contributed by atoms with E-state index in [-0.39, 0.29) is 0 Å². The zero-order valence-corrected chi connectivity index (χ0v) is 14.0. The Balaban J connectivity index is 1.42. The second-order valence-electron chi connectivity index (χ2n) is 8.05. The van der Waals surface area contributed by atoms with Crippen molar-refractivity contribution in [1.29, 1.82) is 0 Å². The lowest BCUT2D eigenvalue weighted by molar-refractivity contribution is -0.0677. The van der Waals surface area contributed by atoms with Crippen LogP contribution in [-0.4, -0.2) is 42.4 Å². The molecule has 5 aliphatic rings. The first kappa shape index (κ1) is 14.3. The van der Waals surface area contributed by atoms with E-state index in [0.29, 0.717) is 11.5 Å². The number of morpholine rings is 1. The molecule has 4 bridgehead atoms. The molecule has 5 fully saturated rings. The van der Waals surface area contributed by atoms with E-state index in [1.54, 1.807) is 0 Å². The van der Waals surface area contributed by atoms with Gasteiger partial charge in [0.2, 0.25) is 0 Å². The van der Waals surface area contributed by atoms with Crippen LogP contribution in [0.1, 0.15) is 45.4 Å². The van der Waals surface area contributed by atoms with E-state index in [2.05, 4.69) is 17.1 Å². The van der Waals surface area contributed by atoms with E-state index >= 15 is 0 Å². The number of thiocarbonyl (C=S) groups is 1. The third-order valence-electron chi connectivity index (χ3n) is 6.64. The number of hydrogen-bond donors (Lipinski definition) is 1. The fraction of sp³-hybridized carbons (Fsp3) is 0.941. The summed E-state index contributed by atoms with van der Waals surface area (Å²) < 4.78 is 5.43. The fourth-order valence-electron chi connectivity index (χ4n) is 5.90. The Morgan fingerprint density at radius 1 is 1.10 bits per heavy atom. The van der Waals surface area contributed by atoms with Gasteiger partial charge < -0.3 is 15.0 Å². The van der Waals surface area contributed by atoms with E-state index < -0.39 is 0 Å². The molecule has 0 aromatic rings. The summed E-state index contributed by atoms with van der Waals surface area (Å²) >= 11 is 5.66. The van der Waals surface area contributed by atoms with E-state index in [1.165, 1.54) is 38.5 Å². The van der Waals surface area contributed by atoms with Gasteiger partial charge in [-0.05, 0) is 80.8 Å². The van der Waals surface area contributed by atoms with Gasteiger partial charge in [-0.15, -0.1) is 0 Å². The van der Waals surface area contributed by atoms with Crippen LogP contribution in [0.4, 0.5) is 0 Å². The molecule has 0 aromatic carbocycles. The topological polar surface area (TPSA) is 24.5 Å². The van der Waals surface area contributed by atoms with E-state index in [4.69, 9.17) is 17.0 Å². The van der Waals surface area contributed by atoms with Crippen molar-refractivity contribution in [1.82, 2.24) is 10.2 Å². The molecule has 4 heteroatoms. The molecular formula is C17H28N2OS. The molecular weight excluding hydrogens is 280 g/mol. The first-order valence-corrected chi connectivity index (χ1v) is 9.19. The summed E-state index contributed by atoms with van der Waals surface area (Å²) in [6, 6.07) is 0.529. The van der Waals surface area contributed by atoms with Crippen molar-refractivity contribution >= 4 is 17.3 Å². The minimum atomic E-state index is 0.529. The van der Waals surface area contributed by atoms with Crippen LogP contribution in [0.2, 0.25) is 0 Å². The molecule has 1 atom stereocenters. The van der Waals surface area contributed by atoms with Crippen molar-refractivity contribution in [2.45, 2.75) is 51.5 Å². The second-order valence-corrected chi connectivity index (χ2v) is 8.44. The molecule has 5 rings (SSSR count). The molecule has 3 nitrogen and oxygen atoms in total. The van der Waals surface area contributed by atoms with Gasteiger partial charge >= 0.3 is 0 Å². The largest absolute Gasteiger partial charge is 0.378 e. The van der Waals surface area contributed by atoms with Gasteiger partial charge in [-0.2, -0.15) is 0 Å². The Morgan fingerprint density at radius 3 is 2.14 bits per heavy atom. The maximum atomic E-state index is 5.66. The fourth-order valence-corrected chi connectivity index (χ4v) is 6.26. The zero-order chi connectivity index (χ0) is 14.4. The minimum absolute atomic E-state index is 0.529. The van der Waals surface area contributed by atoms with Gasteiger partial charge in [0.15, 0.2) is 5.11 Å². The lowest BCUT2D eigenvalue weighted by Gasteiger charge is -2.59. The highest BCUT2D eigenvalue weighted by Crippen LogP contribution is 2.61. The molecule has 0 radical (unpaired) electrons. The van der Waals surface area contributed by atoms with Gasteiger partial charge in [0.1, 0.15) is 0 Å². The van der Waals surface area contributed by atoms with Crippen molar-refractivity contribution in [3.05, 3.63) is 0 Å². The molecule has 4 saturated carbocycles. The summed E-state index contributed by atoms with van der Waals surface area (Å²) in [6.07, 6.45) is 8.87. The first-order chi connectivity index (χ1) is 10.1. The molecule has 0 unspecified atom stereocenters. The standard InChI is InChI=1S/C17H28N2OS/c1-12(18-16(21)19-2-4-20-5-3-19)17-9-13-6-14(10-17)8-15(7-13)11-17/h12-15H,2-11H2,1H3,(H,18,21)/t12-,13?,14?,15?,17?/m1/s1. The minimum Gasteiger partial charge on any atom is -0.378 e. The lowest BCUT2D eigenvalue weighted by atomic mass is 9.48. The molecule has 0 amide bonds. The zero-order valence-electron chi connectivity index (χ0n) is 13.1. The molecule has 4 aliphatic carbocycles. The maximum absolute atomic E-state index is 5.66. The van der Waals surface area contributed by atoms with E-state index in [9.17, 15) is 0 Å². The van der Waals surface area contributed by atoms with Crippen LogP contribution < -0.4 is 5.32 Å². The summed E-state index contributed by atoms with van der Waals surface area (Å²) in [5.74, 6) is 3.03. The molecule has 21 heavy (non-hydrogen) atoms. The number of ether oxygens (including phenoxy) is 1. The summed E-state index contributed by atoms with van der Waals surface area (Å²) in [4.78, 5) is 2.29. The average molecular weight is 308 g/mol. The number of hydrogen-bond acceptors (Lipinski definition) is 2. The third-order valence-corrected chi connectivity index (χ3v) is 7.02. The van der Waals surface area contributed by atoms with Crippen LogP contribution in [0.3, 0.4) is 0 Å². The Bertz CT molecular complexity index is 384. The number of nitrogens with one attached hydrogen (secondary N) is 1. The van der Waals surface area contributed by atoms with E-state index in [0.717, 1.165) is 49.2 Å². The van der Waals surface area contributed by atoms with Crippen molar-refractivity contribution in [2.24, 2.45) is 23.2 Å². The number of nitrogens with zero attached hydrogens (tertiary/aromatic N) is 1. The van der Waals surface area contributed by atoms with Gasteiger partial charge in [0, 0.05) is 19.1 Å². The van der Waals surface area contributed by atoms with Crippen molar-refractivity contribution in [3.8, 4) is 0 Å². The van der Waals surface area contributed by atoms with Crippen LogP contribution >= 0.6 is 12.2 Å². The summed E-state index contributed by atoms with van der Waals surface area (Å²) in [7, 11) is 0. The first-order valence-electron chi connectivity index (χ1n) is 8.78. The Morgan fingerprint density at radius 2 is 1.62 bits per heavy atom. The molecule has 1 heterocycles. The van der Waals surface area contributed by atoms with Crippen LogP contribution in [0.15, 0.2) is 0 Å². The summed E-state index contributed by atoms with van der Waals surface area (Å²) in [5, 5.41) is 4.67. The Kier molecular flexibility index (Phi) is 3.65. The molecule has 0 aromatic heterocycles. The van der Waals surface area contributed by atoms with Gasteiger partial charge in [-0.3, -0.25) is 0 Å². The van der Waals surface area contributed by atoms with Crippen LogP contribution in [0, 0.1) is 23.2 Å². The third kappa shape index (κ3) is 2.59. The molecule has 118 valence electrons. The highest BCUT2D eigenvalue weighted by atomic mass is 32.1. The van der Waals surface area contributed by atoms with Crippen LogP contribution in [-0.2, 0) is 4.74 Å². The van der Waals surface area contributed by atoms with Crippen LogP contribution in [0.25, 0.3) is 0 Å². The van der Waals surface area contributed by atoms with Gasteiger partial charge in [0.25, 0.3) is 0 Å². The van der Waals surface area contributed by atoms with Gasteiger partial charge in [-0.1, -0.05) is 0 Å². The highest BCUT2D eigenvalue weighted by molar-refractivity contribution is 7.80. The predicted molar refractivity (Wildman–Crippen MR) is 88.2 cm³/mol.